The molecule has 0 aliphatic carbocycles. The predicted octanol–water partition coefficient (Wildman–Crippen LogP) is -1.38. The number of benzene rings is 1. The van der Waals surface area contributed by atoms with Crippen LogP contribution >= 0.6 is 0 Å². The van der Waals surface area contributed by atoms with Crippen molar-refractivity contribution in [2.75, 3.05) is 6.61 Å². The van der Waals surface area contributed by atoms with Crippen LogP contribution in [0.4, 0.5) is 0 Å². The summed E-state index contributed by atoms with van der Waals surface area (Å²) in [4.78, 5) is 46.3. The fraction of sp³-hybridized carbons (Fsp3) is 0.231. The molecule has 0 radical (unpaired) electrons. The monoisotopic (exact) mass is 396 g/mol. The summed E-state index contributed by atoms with van der Waals surface area (Å²) in [7, 11) is 0. The maximum atomic E-state index is 12.8. The lowest BCUT2D eigenvalue weighted by molar-refractivity contribution is -0.486. The minimum Gasteiger partial charge on any atom is -0.464 e. The molecule has 15 heteroatoms. The zero-order valence-electron chi connectivity index (χ0n) is 14.4. The standard InChI is InChI=1S/C13H16N8O7/c1-2-28-11(23)9(10(22)8-6-4-3-5-7-8)19(13(15)18-21(26)27)16-12(14)17-20(24)25/h3-7,9H,2H2,1H3,(H2,15,18)(H3,14,16,17)/t9-/m1/s1. The lowest BCUT2D eigenvalue weighted by Crippen LogP contribution is -2.62. The number of esters is 1. The van der Waals surface area contributed by atoms with Crippen molar-refractivity contribution in [3.63, 3.8) is 0 Å². The van der Waals surface area contributed by atoms with Gasteiger partial charge in [-0.3, -0.25) is 10.2 Å². The average Bonchev–Trinajstić information content (AvgIpc) is 2.60. The van der Waals surface area contributed by atoms with E-state index < -0.39 is 39.8 Å². The molecule has 0 heterocycles. The largest absolute Gasteiger partial charge is 0.464 e. The molecule has 0 aliphatic heterocycles. The normalized spacial score (nSPS) is 12.6. The molecule has 0 unspecified atom stereocenters. The zero-order chi connectivity index (χ0) is 21.3. The molecule has 150 valence electrons. The van der Waals surface area contributed by atoms with E-state index in [1.165, 1.54) is 31.2 Å². The van der Waals surface area contributed by atoms with Gasteiger partial charge in [-0.25, -0.2) is 30.0 Å². The number of nitro groups is 2. The van der Waals surface area contributed by atoms with E-state index in [1.54, 1.807) is 6.07 Å². The number of nitrogens with zero attached hydrogens (tertiary/aromatic N) is 5. The molecule has 5 N–H and O–H groups in total. The lowest BCUT2D eigenvalue weighted by atomic mass is 10.0. The Morgan fingerprint density at radius 3 is 2.25 bits per heavy atom. The third-order valence-electron chi connectivity index (χ3n) is 2.93. The smallest absolute Gasteiger partial charge is 0.339 e. The van der Waals surface area contributed by atoms with E-state index >= 15 is 0 Å². The number of ether oxygens (including phenoxy) is 1. The van der Waals surface area contributed by atoms with Crippen LogP contribution in [0.2, 0.25) is 0 Å². The Bertz CT molecular complexity index is 810. The Morgan fingerprint density at radius 1 is 1.18 bits per heavy atom. The number of nitrogens with two attached hydrogens (primary N) is 2. The van der Waals surface area contributed by atoms with E-state index in [4.69, 9.17) is 16.2 Å². The molecule has 0 saturated heterocycles. The van der Waals surface area contributed by atoms with Gasteiger partial charge in [0, 0.05) is 5.56 Å². The molecule has 0 fully saturated rings. The second-order valence-corrected chi connectivity index (χ2v) is 4.79. The van der Waals surface area contributed by atoms with Crippen LogP contribution in [0.5, 0.6) is 0 Å². The maximum absolute atomic E-state index is 12.8. The van der Waals surface area contributed by atoms with Crippen LogP contribution in [0.25, 0.3) is 0 Å². The zero-order valence-corrected chi connectivity index (χ0v) is 14.4. The topological polar surface area (TPSA) is 222 Å². The van der Waals surface area contributed by atoms with E-state index in [0.29, 0.717) is 5.01 Å². The molecule has 1 aromatic carbocycles. The number of hydrogen-bond donors (Lipinski definition) is 3. The van der Waals surface area contributed by atoms with Crippen LogP contribution in [0.1, 0.15) is 17.3 Å². The van der Waals surface area contributed by atoms with Gasteiger partial charge in [-0.1, -0.05) is 30.3 Å². The Balaban J connectivity index is 3.47. The number of rotatable bonds is 7. The summed E-state index contributed by atoms with van der Waals surface area (Å²) in [5, 5.41) is 24.6. The summed E-state index contributed by atoms with van der Waals surface area (Å²) in [5.74, 6) is -4.00. The number of carbonyl (C=O) groups excluding carboxylic acids is 2. The molecule has 28 heavy (non-hydrogen) atoms. The van der Waals surface area contributed by atoms with Gasteiger partial charge in [0.25, 0.3) is 11.9 Å². The molecule has 1 rings (SSSR count). The van der Waals surface area contributed by atoms with E-state index in [-0.39, 0.29) is 12.2 Å². The molecular weight excluding hydrogens is 380 g/mol. The number of hydrazine groups is 1. The Labute approximate surface area is 156 Å². The van der Waals surface area contributed by atoms with Crippen molar-refractivity contribution in [2.45, 2.75) is 13.0 Å². The summed E-state index contributed by atoms with van der Waals surface area (Å²) in [6.45, 7) is 1.31. The first-order valence-electron chi connectivity index (χ1n) is 7.46. The van der Waals surface area contributed by atoms with Gasteiger partial charge in [-0.05, 0) is 6.92 Å². The maximum Gasteiger partial charge on any atom is 0.339 e. The lowest BCUT2D eigenvalue weighted by Gasteiger charge is -2.28. The number of guanidine groups is 2. The van der Waals surface area contributed by atoms with Crippen LogP contribution < -0.4 is 16.9 Å². The van der Waals surface area contributed by atoms with Crippen LogP contribution in [0, 0.1) is 20.2 Å². The van der Waals surface area contributed by atoms with E-state index in [2.05, 4.69) is 10.2 Å². The number of carbonyl (C=O) groups is 2. The van der Waals surface area contributed by atoms with Crippen LogP contribution in [0.15, 0.2) is 40.5 Å². The second-order valence-electron chi connectivity index (χ2n) is 4.79. The second kappa shape index (κ2) is 10.00. The van der Waals surface area contributed by atoms with Crippen molar-refractivity contribution < 1.29 is 24.4 Å². The summed E-state index contributed by atoms with van der Waals surface area (Å²) in [6.07, 6.45) is 0. The highest BCUT2D eigenvalue weighted by Crippen LogP contribution is 2.10. The van der Waals surface area contributed by atoms with Gasteiger partial charge < -0.3 is 16.2 Å². The number of hydrazone groups is 2. The summed E-state index contributed by atoms with van der Waals surface area (Å²) in [6, 6.07) is 5.39. The van der Waals surface area contributed by atoms with Gasteiger partial charge in [-0.15, -0.1) is 0 Å². The van der Waals surface area contributed by atoms with Crippen molar-refractivity contribution in [1.29, 1.82) is 0 Å². The van der Waals surface area contributed by atoms with Gasteiger partial charge in [0.1, 0.15) is 10.2 Å². The minimum atomic E-state index is -1.95. The molecule has 1 aromatic rings. The number of Topliss-reactive ketones (excluding diaryl/α,β-unsaturated/α-hetero) is 1. The highest BCUT2D eigenvalue weighted by atomic mass is 16.7. The van der Waals surface area contributed by atoms with E-state index in [1.807, 2.05) is 5.43 Å². The fourth-order valence-corrected chi connectivity index (χ4v) is 1.93. The number of hydrogen-bond acceptors (Lipinski definition) is 7. The molecule has 0 spiro atoms. The molecule has 0 aromatic heterocycles. The van der Waals surface area contributed by atoms with Gasteiger partial charge in [0.2, 0.25) is 6.04 Å². The van der Waals surface area contributed by atoms with Crippen LogP contribution in [-0.4, -0.2) is 51.4 Å². The van der Waals surface area contributed by atoms with Gasteiger partial charge >= 0.3 is 5.97 Å². The first-order valence-corrected chi connectivity index (χ1v) is 7.46. The van der Waals surface area contributed by atoms with Crippen LogP contribution in [0.3, 0.4) is 0 Å². The molecule has 1 atom stereocenters. The third kappa shape index (κ3) is 6.21. The Hall–Kier alpha value is -4.30. The van der Waals surface area contributed by atoms with Crippen molar-refractivity contribution in [2.24, 2.45) is 21.7 Å². The summed E-state index contributed by atoms with van der Waals surface area (Å²) in [5.41, 5.74) is 12.8. The SMILES string of the molecule is CCOC(=O)[C@@H](C(=O)c1ccccc1)N(N/C(N)=N\[N+](=O)[O-])/C(N)=N\[N+](=O)[O-]. The van der Waals surface area contributed by atoms with E-state index in [0.717, 1.165) is 0 Å². The Morgan fingerprint density at radius 2 is 1.75 bits per heavy atom. The van der Waals surface area contributed by atoms with E-state index in [9.17, 15) is 29.8 Å². The number of ketones is 1. The third-order valence-corrected chi connectivity index (χ3v) is 2.93. The average molecular weight is 396 g/mol. The quantitative estimate of drug-likeness (QED) is 0.0926. The molecular formula is C13H16N8O7. The predicted molar refractivity (Wildman–Crippen MR) is 93.4 cm³/mol. The molecule has 0 aliphatic rings. The van der Waals surface area contributed by atoms with Gasteiger partial charge in [-0.2, -0.15) is 0 Å². The Kier molecular flexibility index (Phi) is 7.76. The van der Waals surface area contributed by atoms with Gasteiger partial charge in [0.05, 0.1) is 6.61 Å². The molecule has 15 nitrogen and oxygen atoms in total. The first-order chi connectivity index (χ1) is 13.2. The molecule has 0 saturated carbocycles. The first kappa shape index (κ1) is 21.7. The minimum absolute atomic E-state index is 0.0195. The van der Waals surface area contributed by atoms with Crippen molar-refractivity contribution >= 4 is 23.7 Å². The molecule has 0 amide bonds. The highest BCUT2D eigenvalue weighted by Gasteiger charge is 2.38. The van der Waals surface area contributed by atoms with Gasteiger partial charge in [0.15, 0.2) is 15.8 Å². The summed E-state index contributed by atoms with van der Waals surface area (Å²) < 4.78 is 4.81. The van der Waals surface area contributed by atoms with Crippen molar-refractivity contribution in [3.05, 3.63) is 56.1 Å². The van der Waals surface area contributed by atoms with Crippen molar-refractivity contribution in [3.8, 4) is 0 Å². The molecule has 0 bridgehead atoms. The number of nitrogens with one attached hydrogen (secondary N) is 1. The highest BCUT2D eigenvalue weighted by molar-refractivity contribution is 6.14. The van der Waals surface area contributed by atoms with Crippen molar-refractivity contribution in [1.82, 2.24) is 10.4 Å². The fourth-order valence-electron chi connectivity index (χ4n) is 1.93. The summed E-state index contributed by atoms with van der Waals surface area (Å²) >= 11 is 0. The van der Waals surface area contributed by atoms with Crippen LogP contribution in [-0.2, 0) is 9.53 Å².